The molecule has 118 valence electrons. The molecule has 3 unspecified atom stereocenters. The van der Waals surface area contributed by atoms with Crippen molar-refractivity contribution < 1.29 is 14.3 Å². The van der Waals surface area contributed by atoms with Gasteiger partial charge in [-0.25, -0.2) is 0 Å². The van der Waals surface area contributed by atoms with Gasteiger partial charge in [-0.05, 0) is 51.5 Å². The molecule has 1 aliphatic rings. The van der Waals surface area contributed by atoms with Gasteiger partial charge >= 0.3 is 5.97 Å². The van der Waals surface area contributed by atoms with E-state index in [4.69, 9.17) is 9.47 Å². The van der Waals surface area contributed by atoms with Crippen LogP contribution in [0.5, 0.6) is 0 Å². The Balaban J connectivity index is 2.63. The molecule has 1 aliphatic carbocycles. The molecule has 1 saturated carbocycles. The van der Waals surface area contributed by atoms with E-state index in [1.54, 1.807) is 0 Å². The third kappa shape index (κ3) is 4.19. The van der Waals surface area contributed by atoms with Crippen molar-refractivity contribution in [2.24, 2.45) is 5.92 Å². The maximum Gasteiger partial charge on any atom is 0.326 e. The van der Waals surface area contributed by atoms with Gasteiger partial charge in [-0.15, -0.1) is 0 Å². The van der Waals surface area contributed by atoms with Gasteiger partial charge in [0.1, 0.15) is 5.54 Å². The Morgan fingerprint density at radius 1 is 1.45 bits per heavy atom. The second kappa shape index (κ2) is 8.63. The van der Waals surface area contributed by atoms with E-state index >= 15 is 0 Å². The molecule has 0 amide bonds. The summed E-state index contributed by atoms with van der Waals surface area (Å²) in [6.07, 6.45) is 6.32. The SMILES string of the molecule is CCCNC1(C(=O)OC)CCCC1CCOC(C)CC. The van der Waals surface area contributed by atoms with E-state index in [9.17, 15) is 4.79 Å². The lowest BCUT2D eigenvalue weighted by atomic mass is 9.84. The van der Waals surface area contributed by atoms with Gasteiger partial charge in [-0.3, -0.25) is 4.79 Å². The number of hydrogen-bond donors (Lipinski definition) is 1. The Kier molecular flexibility index (Phi) is 7.52. The molecule has 4 heteroatoms. The number of methoxy groups -OCH3 is 1. The van der Waals surface area contributed by atoms with Gasteiger partial charge in [-0.2, -0.15) is 0 Å². The van der Waals surface area contributed by atoms with Gasteiger partial charge in [0.25, 0.3) is 0 Å². The Labute approximate surface area is 123 Å². The van der Waals surface area contributed by atoms with Crippen LogP contribution in [0, 0.1) is 5.92 Å². The van der Waals surface area contributed by atoms with E-state index in [1.165, 1.54) is 7.11 Å². The zero-order chi connectivity index (χ0) is 15.0. The maximum absolute atomic E-state index is 12.3. The van der Waals surface area contributed by atoms with E-state index in [0.29, 0.717) is 12.0 Å². The molecule has 1 N–H and O–H groups in total. The fraction of sp³-hybridized carbons (Fsp3) is 0.938. The third-order valence-corrected chi connectivity index (χ3v) is 4.50. The highest BCUT2D eigenvalue weighted by molar-refractivity contribution is 5.81. The molecule has 4 nitrogen and oxygen atoms in total. The number of carbonyl (C=O) groups is 1. The van der Waals surface area contributed by atoms with Crippen LogP contribution in [0.2, 0.25) is 0 Å². The molecule has 0 bridgehead atoms. The summed E-state index contributed by atoms with van der Waals surface area (Å²) in [5.74, 6) is 0.225. The first-order valence-electron chi connectivity index (χ1n) is 8.05. The summed E-state index contributed by atoms with van der Waals surface area (Å²) < 4.78 is 10.9. The molecule has 0 aliphatic heterocycles. The van der Waals surface area contributed by atoms with Crippen LogP contribution >= 0.6 is 0 Å². The molecule has 1 rings (SSSR count). The van der Waals surface area contributed by atoms with E-state index in [0.717, 1.165) is 51.7 Å². The Morgan fingerprint density at radius 2 is 2.20 bits per heavy atom. The molecule has 1 fully saturated rings. The number of nitrogens with one attached hydrogen (secondary N) is 1. The quantitative estimate of drug-likeness (QED) is 0.662. The molecular weight excluding hydrogens is 254 g/mol. The van der Waals surface area contributed by atoms with Crippen molar-refractivity contribution in [1.29, 1.82) is 0 Å². The highest BCUT2D eigenvalue weighted by Crippen LogP contribution is 2.39. The second-order valence-electron chi connectivity index (χ2n) is 5.86. The van der Waals surface area contributed by atoms with Crippen LogP contribution in [0.1, 0.15) is 59.3 Å². The standard InChI is InChI=1S/C16H31NO3/c1-5-11-17-16(15(18)19-4)10-7-8-14(16)9-12-20-13(3)6-2/h13-14,17H,5-12H2,1-4H3. The average Bonchev–Trinajstić information content (AvgIpc) is 2.88. The van der Waals surface area contributed by atoms with Crippen molar-refractivity contribution in [2.45, 2.75) is 70.9 Å². The van der Waals surface area contributed by atoms with Crippen LogP contribution in [-0.2, 0) is 14.3 Å². The number of ether oxygens (including phenoxy) is 2. The summed E-state index contributed by atoms with van der Waals surface area (Å²) in [6.45, 7) is 7.93. The fourth-order valence-corrected chi connectivity index (χ4v) is 3.10. The predicted molar refractivity (Wildman–Crippen MR) is 80.7 cm³/mol. The molecule has 0 saturated heterocycles. The van der Waals surface area contributed by atoms with Crippen LogP contribution in [-0.4, -0.2) is 37.9 Å². The summed E-state index contributed by atoms with van der Waals surface area (Å²) >= 11 is 0. The van der Waals surface area contributed by atoms with Crippen molar-refractivity contribution in [3.8, 4) is 0 Å². The average molecular weight is 285 g/mol. The molecule has 0 aromatic carbocycles. The van der Waals surface area contributed by atoms with Gasteiger partial charge < -0.3 is 14.8 Å². The first-order valence-corrected chi connectivity index (χ1v) is 8.05. The number of carbonyl (C=O) groups excluding carboxylic acids is 1. The van der Waals surface area contributed by atoms with Crippen LogP contribution in [0.15, 0.2) is 0 Å². The van der Waals surface area contributed by atoms with Gasteiger partial charge in [0.05, 0.1) is 13.2 Å². The lowest BCUT2D eigenvalue weighted by Gasteiger charge is -2.34. The minimum absolute atomic E-state index is 0.100. The van der Waals surface area contributed by atoms with Crippen LogP contribution < -0.4 is 5.32 Å². The highest BCUT2D eigenvalue weighted by Gasteiger charge is 2.49. The molecule has 0 radical (unpaired) electrons. The molecule has 0 spiro atoms. The smallest absolute Gasteiger partial charge is 0.326 e. The van der Waals surface area contributed by atoms with E-state index in [1.807, 2.05) is 0 Å². The summed E-state index contributed by atoms with van der Waals surface area (Å²) in [7, 11) is 1.49. The van der Waals surface area contributed by atoms with Gasteiger partial charge in [-0.1, -0.05) is 20.3 Å². The van der Waals surface area contributed by atoms with E-state index in [-0.39, 0.29) is 5.97 Å². The second-order valence-corrected chi connectivity index (χ2v) is 5.86. The van der Waals surface area contributed by atoms with Gasteiger partial charge in [0.2, 0.25) is 0 Å². The summed E-state index contributed by atoms with van der Waals surface area (Å²) in [5, 5.41) is 3.47. The lowest BCUT2D eigenvalue weighted by Crippen LogP contribution is -2.55. The first-order chi connectivity index (χ1) is 9.60. The van der Waals surface area contributed by atoms with Crippen molar-refractivity contribution >= 4 is 5.97 Å². The monoisotopic (exact) mass is 285 g/mol. The zero-order valence-electron chi connectivity index (χ0n) is 13.5. The molecule has 3 atom stereocenters. The van der Waals surface area contributed by atoms with Crippen molar-refractivity contribution in [1.82, 2.24) is 5.32 Å². The number of esters is 1. The van der Waals surface area contributed by atoms with Gasteiger partial charge in [0.15, 0.2) is 0 Å². The van der Waals surface area contributed by atoms with Crippen LogP contribution in [0.25, 0.3) is 0 Å². The predicted octanol–water partition coefficient (Wildman–Crippen LogP) is 2.90. The maximum atomic E-state index is 12.3. The lowest BCUT2D eigenvalue weighted by molar-refractivity contribution is -0.150. The largest absolute Gasteiger partial charge is 0.468 e. The Morgan fingerprint density at radius 3 is 2.80 bits per heavy atom. The Hall–Kier alpha value is -0.610. The molecule has 0 aromatic rings. The van der Waals surface area contributed by atoms with E-state index in [2.05, 4.69) is 26.1 Å². The van der Waals surface area contributed by atoms with Crippen molar-refractivity contribution in [3.05, 3.63) is 0 Å². The minimum atomic E-state index is -0.483. The molecule has 0 aromatic heterocycles. The first kappa shape index (κ1) is 17.4. The molecular formula is C16H31NO3. The van der Waals surface area contributed by atoms with Crippen LogP contribution in [0.4, 0.5) is 0 Å². The third-order valence-electron chi connectivity index (χ3n) is 4.50. The van der Waals surface area contributed by atoms with Crippen LogP contribution in [0.3, 0.4) is 0 Å². The summed E-state index contributed by atoms with van der Waals surface area (Å²) in [6, 6.07) is 0. The topological polar surface area (TPSA) is 47.6 Å². The van der Waals surface area contributed by atoms with Crippen molar-refractivity contribution in [2.75, 3.05) is 20.3 Å². The normalized spacial score (nSPS) is 27.5. The molecule has 0 heterocycles. The number of hydrogen-bond acceptors (Lipinski definition) is 4. The summed E-state index contributed by atoms with van der Waals surface area (Å²) in [4.78, 5) is 12.3. The van der Waals surface area contributed by atoms with Gasteiger partial charge in [0, 0.05) is 6.61 Å². The van der Waals surface area contributed by atoms with Crippen molar-refractivity contribution in [3.63, 3.8) is 0 Å². The van der Waals surface area contributed by atoms with E-state index < -0.39 is 5.54 Å². The number of rotatable bonds is 9. The zero-order valence-corrected chi connectivity index (χ0v) is 13.5. The Bertz CT molecular complexity index is 295. The molecule has 20 heavy (non-hydrogen) atoms. The fourth-order valence-electron chi connectivity index (χ4n) is 3.10. The summed E-state index contributed by atoms with van der Waals surface area (Å²) in [5.41, 5.74) is -0.483. The minimum Gasteiger partial charge on any atom is -0.468 e. The highest BCUT2D eigenvalue weighted by atomic mass is 16.5.